The quantitative estimate of drug-likeness (QED) is 0.654. The Balaban J connectivity index is 2.39. The topological polar surface area (TPSA) is 68.0 Å². The average Bonchev–Trinajstić information content (AvgIpc) is 2.77. The normalized spacial score (nSPS) is 11.5. The van der Waals surface area contributed by atoms with Gasteiger partial charge in [-0.3, -0.25) is 4.79 Å². The number of carbonyl (C=O) groups is 1. The molecule has 0 unspecified atom stereocenters. The minimum absolute atomic E-state index is 0.00594. The second-order valence-electron chi connectivity index (χ2n) is 4.39. The van der Waals surface area contributed by atoms with Crippen molar-refractivity contribution >= 4 is 28.9 Å². The van der Waals surface area contributed by atoms with E-state index in [1.165, 1.54) is 11.8 Å². The summed E-state index contributed by atoms with van der Waals surface area (Å²) in [6.45, 7) is 4.71. The summed E-state index contributed by atoms with van der Waals surface area (Å²) >= 11 is 1.24. The van der Waals surface area contributed by atoms with Crippen LogP contribution < -0.4 is 0 Å². The summed E-state index contributed by atoms with van der Waals surface area (Å²) in [5, 5.41) is 9.54. The number of rotatable bonds is 6. The maximum Gasteiger partial charge on any atom is 0.313 e. The highest BCUT2D eigenvalue weighted by molar-refractivity contribution is 7.99. The molecule has 2 heterocycles. The number of aromatic nitrogens is 3. The van der Waals surface area contributed by atoms with Crippen molar-refractivity contribution in [1.29, 1.82) is 0 Å². The Kier molecular flexibility index (Phi) is 4.79. The van der Waals surface area contributed by atoms with E-state index < -0.39 is 5.97 Å². The van der Waals surface area contributed by atoms with E-state index in [4.69, 9.17) is 5.11 Å². The molecule has 0 aliphatic rings. The van der Waals surface area contributed by atoms with E-state index in [-0.39, 0.29) is 5.75 Å². The van der Waals surface area contributed by atoms with E-state index in [1.807, 2.05) is 30.6 Å². The van der Waals surface area contributed by atoms with Crippen LogP contribution in [-0.4, -0.2) is 31.4 Å². The summed E-state index contributed by atoms with van der Waals surface area (Å²) in [6.07, 6.45) is 6.71. The van der Waals surface area contributed by atoms with Gasteiger partial charge in [0, 0.05) is 12.7 Å². The molecule has 0 radical (unpaired) electrons. The fourth-order valence-corrected chi connectivity index (χ4v) is 2.67. The molecule has 0 saturated carbocycles. The molecule has 0 bridgehead atoms. The average molecular weight is 291 g/mol. The predicted octanol–water partition coefficient (Wildman–Crippen LogP) is 2.88. The van der Waals surface area contributed by atoms with Gasteiger partial charge >= 0.3 is 5.97 Å². The second kappa shape index (κ2) is 6.56. The number of pyridine rings is 1. The van der Waals surface area contributed by atoms with Crippen molar-refractivity contribution in [2.24, 2.45) is 0 Å². The Labute approximate surface area is 121 Å². The molecule has 0 fully saturated rings. The van der Waals surface area contributed by atoms with Crippen molar-refractivity contribution in [3.05, 3.63) is 30.0 Å². The Bertz CT molecular complexity index is 649. The molecule has 0 aliphatic heterocycles. The Morgan fingerprint density at radius 1 is 1.55 bits per heavy atom. The highest BCUT2D eigenvalue weighted by Gasteiger charge is 2.14. The molecule has 1 N–H and O–H groups in total. The maximum absolute atomic E-state index is 10.7. The van der Waals surface area contributed by atoms with E-state index in [2.05, 4.69) is 16.0 Å². The van der Waals surface area contributed by atoms with E-state index in [0.29, 0.717) is 5.16 Å². The van der Waals surface area contributed by atoms with Gasteiger partial charge < -0.3 is 9.67 Å². The van der Waals surface area contributed by atoms with Crippen LogP contribution in [0.3, 0.4) is 0 Å². The third-order valence-corrected chi connectivity index (χ3v) is 3.84. The summed E-state index contributed by atoms with van der Waals surface area (Å²) in [6, 6.07) is 1.91. The fourth-order valence-electron chi connectivity index (χ4n) is 1.93. The van der Waals surface area contributed by atoms with Crippen molar-refractivity contribution < 1.29 is 9.90 Å². The maximum atomic E-state index is 10.7. The third kappa shape index (κ3) is 3.19. The van der Waals surface area contributed by atoms with Crippen LogP contribution in [0.4, 0.5) is 0 Å². The zero-order valence-corrected chi connectivity index (χ0v) is 12.4. The van der Waals surface area contributed by atoms with Gasteiger partial charge in [0.25, 0.3) is 0 Å². The van der Waals surface area contributed by atoms with Crippen LogP contribution in [0.1, 0.15) is 18.9 Å². The summed E-state index contributed by atoms with van der Waals surface area (Å²) in [7, 11) is 0. The van der Waals surface area contributed by atoms with Crippen LogP contribution in [0.2, 0.25) is 0 Å². The number of imidazole rings is 1. The highest BCUT2D eigenvalue weighted by Crippen LogP contribution is 2.25. The number of carboxylic acids is 1. The summed E-state index contributed by atoms with van der Waals surface area (Å²) in [5.41, 5.74) is 2.72. The molecular formula is C14H17N3O2S. The monoisotopic (exact) mass is 291 g/mol. The Morgan fingerprint density at radius 2 is 2.35 bits per heavy atom. The molecule has 6 heteroatoms. The number of hydrogen-bond acceptors (Lipinski definition) is 4. The molecule has 0 amide bonds. The van der Waals surface area contributed by atoms with Gasteiger partial charge in [0.05, 0.1) is 5.75 Å². The molecule has 106 valence electrons. The van der Waals surface area contributed by atoms with Gasteiger partial charge in [-0.25, -0.2) is 9.97 Å². The molecule has 5 nitrogen and oxygen atoms in total. The molecule has 2 rings (SSSR count). The number of carboxylic acid groups (broad SMARTS) is 1. The van der Waals surface area contributed by atoms with Crippen molar-refractivity contribution in [3.8, 4) is 0 Å². The lowest BCUT2D eigenvalue weighted by Gasteiger charge is -2.05. The summed E-state index contributed by atoms with van der Waals surface area (Å²) in [4.78, 5) is 19.7. The first-order valence-corrected chi connectivity index (χ1v) is 7.39. The van der Waals surface area contributed by atoms with Crippen molar-refractivity contribution in [2.75, 3.05) is 5.75 Å². The molecule has 0 atom stereocenters. The molecule has 0 aliphatic carbocycles. The number of fused-ring (bicyclic) bond motifs is 1. The molecule has 2 aromatic heterocycles. The second-order valence-corrected chi connectivity index (χ2v) is 5.33. The van der Waals surface area contributed by atoms with Crippen LogP contribution in [0.25, 0.3) is 11.2 Å². The SMILES string of the molecule is C/C=C/CCn1c(SCC(=O)O)nc2c(C)ccnc21. The summed E-state index contributed by atoms with van der Waals surface area (Å²) in [5.74, 6) is -0.835. The molecule has 0 spiro atoms. The first-order chi connectivity index (χ1) is 9.63. The fraction of sp³-hybridized carbons (Fsp3) is 0.357. The Morgan fingerprint density at radius 3 is 3.05 bits per heavy atom. The number of nitrogens with zero attached hydrogens (tertiary/aromatic N) is 3. The van der Waals surface area contributed by atoms with Gasteiger partial charge in [-0.1, -0.05) is 23.9 Å². The third-order valence-electron chi connectivity index (χ3n) is 2.88. The van der Waals surface area contributed by atoms with Crippen molar-refractivity contribution in [3.63, 3.8) is 0 Å². The van der Waals surface area contributed by atoms with E-state index in [9.17, 15) is 4.79 Å². The summed E-state index contributed by atoms with van der Waals surface area (Å²) < 4.78 is 2.00. The van der Waals surface area contributed by atoms with Gasteiger partial charge in [0.1, 0.15) is 5.52 Å². The van der Waals surface area contributed by atoms with E-state index in [1.54, 1.807) is 6.20 Å². The standard InChI is InChI=1S/C14H17N3O2S/c1-3-4-5-8-17-13-12(10(2)6-7-15-13)16-14(17)20-9-11(18)19/h3-4,6-7H,5,8-9H2,1-2H3,(H,18,19)/b4-3+. The number of allylic oxidation sites excluding steroid dienone is 2. The van der Waals surface area contributed by atoms with E-state index in [0.717, 1.165) is 29.7 Å². The first-order valence-electron chi connectivity index (χ1n) is 6.41. The van der Waals surface area contributed by atoms with Crippen molar-refractivity contribution in [1.82, 2.24) is 14.5 Å². The first kappa shape index (κ1) is 14.6. The molecular weight excluding hydrogens is 274 g/mol. The van der Waals surface area contributed by atoms with Gasteiger partial charge in [0.2, 0.25) is 0 Å². The van der Waals surface area contributed by atoms with Crippen LogP contribution in [0.15, 0.2) is 29.6 Å². The number of aliphatic carboxylic acids is 1. The Hall–Kier alpha value is -1.82. The molecule has 2 aromatic rings. The van der Waals surface area contributed by atoms with Gasteiger partial charge in [-0.15, -0.1) is 0 Å². The minimum Gasteiger partial charge on any atom is -0.481 e. The van der Waals surface area contributed by atoms with Gasteiger partial charge in [-0.2, -0.15) is 0 Å². The minimum atomic E-state index is -0.841. The van der Waals surface area contributed by atoms with Crippen molar-refractivity contribution in [2.45, 2.75) is 32.0 Å². The zero-order valence-electron chi connectivity index (χ0n) is 11.5. The van der Waals surface area contributed by atoms with Gasteiger partial charge in [-0.05, 0) is 31.9 Å². The number of thioether (sulfide) groups is 1. The van der Waals surface area contributed by atoms with Crippen LogP contribution in [0, 0.1) is 6.92 Å². The van der Waals surface area contributed by atoms with Gasteiger partial charge in [0.15, 0.2) is 10.8 Å². The molecule has 0 aromatic carbocycles. The molecule has 0 saturated heterocycles. The lowest BCUT2D eigenvalue weighted by Crippen LogP contribution is -2.03. The van der Waals surface area contributed by atoms with Crippen LogP contribution >= 0.6 is 11.8 Å². The van der Waals surface area contributed by atoms with Crippen LogP contribution in [0.5, 0.6) is 0 Å². The predicted molar refractivity (Wildman–Crippen MR) is 80.1 cm³/mol. The smallest absolute Gasteiger partial charge is 0.313 e. The zero-order chi connectivity index (χ0) is 14.5. The molecule has 20 heavy (non-hydrogen) atoms. The largest absolute Gasteiger partial charge is 0.481 e. The number of aryl methyl sites for hydroxylation is 2. The van der Waals surface area contributed by atoms with Crippen LogP contribution in [-0.2, 0) is 11.3 Å². The number of hydrogen-bond donors (Lipinski definition) is 1. The van der Waals surface area contributed by atoms with E-state index >= 15 is 0 Å². The lowest BCUT2D eigenvalue weighted by molar-refractivity contribution is -0.133. The highest BCUT2D eigenvalue weighted by atomic mass is 32.2. The lowest BCUT2D eigenvalue weighted by atomic mass is 10.3.